The van der Waals surface area contributed by atoms with Gasteiger partial charge in [-0.3, -0.25) is 0 Å². The summed E-state index contributed by atoms with van der Waals surface area (Å²) >= 11 is 0. The molecule has 0 aromatic rings. The van der Waals surface area contributed by atoms with E-state index in [4.69, 9.17) is 9.84 Å². The summed E-state index contributed by atoms with van der Waals surface area (Å²) in [6.07, 6.45) is 8.41. The Morgan fingerprint density at radius 2 is 2.18 bits per heavy atom. The second-order valence-electron chi connectivity index (χ2n) is 4.98. The molecule has 0 fully saturated rings. The minimum atomic E-state index is -0.822. The van der Waals surface area contributed by atoms with Gasteiger partial charge < -0.3 is 9.84 Å². The van der Waals surface area contributed by atoms with Gasteiger partial charge in [0.1, 0.15) is 0 Å². The summed E-state index contributed by atoms with van der Waals surface area (Å²) in [5.41, 5.74) is 0. The first-order valence-electron chi connectivity index (χ1n) is 6.64. The van der Waals surface area contributed by atoms with Crippen molar-refractivity contribution < 1.29 is 14.6 Å². The molecule has 0 heterocycles. The molecular formula is C14H24O3. The van der Waals surface area contributed by atoms with Gasteiger partial charge in [0, 0.05) is 0 Å². The lowest BCUT2D eigenvalue weighted by Gasteiger charge is -2.26. The van der Waals surface area contributed by atoms with Crippen molar-refractivity contribution in [1.82, 2.24) is 0 Å². The van der Waals surface area contributed by atoms with Crippen LogP contribution in [0.25, 0.3) is 0 Å². The first-order chi connectivity index (χ1) is 8.15. The Kier molecular flexibility index (Phi) is 6.27. The number of carboxylic acid groups (broad SMARTS) is 1. The van der Waals surface area contributed by atoms with Crippen molar-refractivity contribution in [2.75, 3.05) is 6.61 Å². The number of hydrogen-bond acceptors (Lipinski definition) is 2. The third-order valence-corrected chi connectivity index (χ3v) is 3.52. The fraction of sp³-hybridized carbons (Fsp3) is 0.786. The zero-order valence-corrected chi connectivity index (χ0v) is 10.9. The van der Waals surface area contributed by atoms with Crippen LogP contribution in [0.3, 0.4) is 0 Å². The van der Waals surface area contributed by atoms with E-state index in [0.29, 0.717) is 24.9 Å². The molecule has 17 heavy (non-hydrogen) atoms. The molecule has 0 aromatic heterocycles. The van der Waals surface area contributed by atoms with Crippen LogP contribution < -0.4 is 0 Å². The molecular weight excluding hydrogens is 216 g/mol. The summed E-state index contributed by atoms with van der Waals surface area (Å²) in [5.74, 6) is 0.251. The Morgan fingerprint density at radius 3 is 2.76 bits per heavy atom. The second kappa shape index (κ2) is 7.49. The molecule has 1 aliphatic carbocycles. The van der Waals surface area contributed by atoms with Crippen LogP contribution in [0.1, 0.15) is 46.0 Å². The van der Waals surface area contributed by atoms with Crippen LogP contribution in [-0.2, 0) is 9.53 Å². The Balaban J connectivity index is 2.35. The third-order valence-electron chi connectivity index (χ3n) is 3.52. The highest BCUT2D eigenvalue weighted by atomic mass is 16.5. The molecule has 1 rings (SSSR count). The molecule has 3 nitrogen and oxygen atoms in total. The van der Waals surface area contributed by atoms with Crippen LogP contribution in [0.5, 0.6) is 0 Å². The van der Waals surface area contributed by atoms with Gasteiger partial charge in [-0.1, -0.05) is 38.8 Å². The van der Waals surface area contributed by atoms with E-state index < -0.39 is 12.1 Å². The maximum Gasteiger partial charge on any atom is 0.332 e. The lowest BCUT2D eigenvalue weighted by Crippen LogP contribution is -2.28. The number of rotatable bonds is 7. The first-order valence-corrected chi connectivity index (χ1v) is 6.64. The van der Waals surface area contributed by atoms with Gasteiger partial charge in [-0.25, -0.2) is 4.79 Å². The molecule has 3 heteroatoms. The second-order valence-corrected chi connectivity index (χ2v) is 4.98. The van der Waals surface area contributed by atoms with Gasteiger partial charge in [-0.2, -0.15) is 0 Å². The summed E-state index contributed by atoms with van der Waals surface area (Å²) in [5, 5.41) is 9.06. The average Bonchev–Trinajstić information content (AvgIpc) is 2.31. The lowest BCUT2D eigenvalue weighted by atomic mass is 9.85. The number of unbranched alkanes of at least 4 members (excludes halogenated alkanes) is 1. The maximum atomic E-state index is 11.0. The predicted molar refractivity (Wildman–Crippen MR) is 67.9 cm³/mol. The van der Waals surface area contributed by atoms with E-state index in [1.807, 2.05) is 0 Å². The molecule has 1 N–H and O–H groups in total. The summed E-state index contributed by atoms with van der Waals surface area (Å²) in [4.78, 5) is 11.0. The minimum Gasteiger partial charge on any atom is -0.479 e. The molecule has 0 radical (unpaired) electrons. The topological polar surface area (TPSA) is 46.5 Å². The van der Waals surface area contributed by atoms with Crippen LogP contribution in [0.15, 0.2) is 12.2 Å². The molecule has 98 valence electrons. The molecule has 1 aliphatic rings. The summed E-state index contributed by atoms with van der Waals surface area (Å²) < 4.78 is 5.58. The van der Waals surface area contributed by atoms with Crippen molar-refractivity contribution in [3.05, 3.63) is 12.2 Å². The van der Waals surface area contributed by atoms with Gasteiger partial charge in [0.25, 0.3) is 0 Å². The highest BCUT2D eigenvalue weighted by Gasteiger charge is 2.23. The van der Waals surface area contributed by atoms with E-state index >= 15 is 0 Å². The van der Waals surface area contributed by atoms with Gasteiger partial charge in [0.15, 0.2) is 6.10 Å². The molecule has 0 spiro atoms. The van der Waals surface area contributed by atoms with Crippen LogP contribution in [-0.4, -0.2) is 23.8 Å². The molecule has 0 bridgehead atoms. The quantitative estimate of drug-likeness (QED) is 0.695. The van der Waals surface area contributed by atoms with Crippen molar-refractivity contribution in [3.63, 3.8) is 0 Å². The standard InChI is InChI=1S/C14H24O3/c1-3-4-9-13(14(15)16)17-10-12-8-6-5-7-11(12)2/h5-6,11-13H,3-4,7-10H2,1-2H3,(H,15,16). The van der Waals surface area contributed by atoms with E-state index in [2.05, 4.69) is 26.0 Å². The van der Waals surface area contributed by atoms with Crippen molar-refractivity contribution in [3.8, 4) is 0 Å². The van der Waals surface area contributed by atoms with Gasteiger partial charge in [0.2, 0.25) is 0 Å². The van der Waals surface area contributed by atoms with Crippen molar-refractivity contribution in [1.29, 1.82) is 0 Å². The van der Waals surface area contributed by atoms with Crippen molar-refractivity contribution >= 4 is 5.97 Å². The molecule has 0 aliphatic heterocycles. The monoisotopic (exact) mass is 240 g/mol. The normalized spacial score (nSPS) is 25.8. The lowest BCUT2D eigenvalue weighted by molar-refractivity contribution is -0.152. The predicted octanol–water partition coefficient (Wildman–Crippen LogP) is 3.25. The van der Waals surface area contributed by atoms with E-state index in [0.717, 1.165) is 25.7 Å². The van der Waals surface area contributed by atoms with Crippen LogP contribution in [0.4, 0.5) is 0 Å². The summed E-state index contributed by atoms with van der Waals surface area (Å²) in [7, 11) is 0. The largest absolute Gasteiger partial charge is 0.479 e. The molecule has 0 amide bonds. The van der Waals surface area contributed by atoms with Crippen molar-refractivity contribution in [2.45, 2.75) is 52.1 Å². The van der Waals surface area contributed by atoms with Gasteiger partial charge in [-0.05, 0) is 31.1 Å². The highest BCUT2D eigenvalue weighted by Crippen LogP contribution is 2.25. The number of hydrogen-bond donors (Lipinski definition) is 1. The van der Waals surface area contributed by atoms with Gasteiger partial charge >= 0.3 is 5.97 Å². The summed E-state index contributed by atoms with van der Waals surface area (Å²) in [6.45, 7) is 4.85. The van der Waals surface area contributed by atoms with E-state index in [1.54, 1.807) is 0 Å². The van der Waals surface area contributed by atoms with E-state index in [-0.39, 0.29) is 0 Å². The van der Waals surface area contributed by atoms with E-state index in [1.165, 1.54) is 0 Å². The molecule has 0 saturated heterocycles. The number of carboxylic acids is 1. The molecule has 0 aromatic carbocycles. The zero-order chi connectivity index (χ0) is 12.7. The zero-order valence-electron chi connectivity index (χ0n) is 10.9. The average molecular weight is 240 g/mol. The molecule has 3 atom stereocenters. The third kappa shape index (κ3) is 4.90. The van der Waals surface area contributed by atoms with E-state index in [9.17, 15) is 4.79 Å². The van der Waals surface area contributed by atoms with Gasteiger partial charge in [0.05, 0.1) is 6.61 Å². The minimum absolute atomic E-state index is 0.475. The Labute approximate surface area is 104 Å². The maximum absolute atomic E-state index is 11.0. The number of aliphatic carboxylic acids is 1. The fourth-order valence-electron chi connectivity index (χ4n) is 2.15. The highest BCUT2D eigenvalue weighted by molar-refractivity contribution is 5.72. The number of carbonyl (C=O) groups is 1. The smallest absolute Gasteiger partial charge is 0.332 e. The summed E-state index contributed by atoms with van der Waals surface area (Å²) in [6, 6.07) is 0. The van der Waals surface area contributed by atoms with Crippen LogP contribution in [0.2, 0.25) is 0 Å². The Morgan fingerprint density at radius 1 is 1.47 bits per heavy atom. The Bertz CT molecular complexity index is 260. The number of ether oxygens (including phenoxy) is 1. The first kappa shape index (κ1) is 14.2. The molecule has 0 saturated carbocycles. The SMILES string of the molecule is CCCCC(OCC1CC=CCC1C)C(=O)O. The molecule has 3 unspecified atom stereocenters. The fourth-order valence-corrected chi connectivity index (χ4v) is 2.15. The van der Waals surface area contributed by atoms with Crippen LogP contribution in [0, 0.1) is 11.8 Å². The number of allylic oxidation sites excluding steroid dienone is 2. The Hall–Kier alpha value is -0.830. The van der Waals surface area contributed by atoms with Gasteiger partial charge in [-0.15, -0.1) is 0 Å². The van der Waals surface area contributed by atoms with Crippen LogP contribution >= 0.6 is 0 Å². The van der Waals surface area contributed by atoms with Crippen molar-refractivity contribution in [2.24, 2.45) is 11.8 Å².